The molecule has 4 rings (SSSR count). The number of rotatable bonds is 6. The van der Waals surface area contributed by atoms with Crippen molar-refractivity contribution in [2.45, 2.75) is 27.2 Å². The minimum Gasteiger partial charge on any atom is -0.479 e. The Bertz CT molecular complexity index is 1240. The standard InChI is InChI=1S/C25H30N4O4/c1-15-9-16(2)13-29(12-15)22-8-5-17(3)24(27-22)26-19-6-7-20-18(10-19)11-21(25(32)28(20)4)33-14-23(30)31/h5-8,10-11,15-16H,9,12-14H2,1-4H3,(H,26,27)(H,30,31). The second kappa shape index (κ2) is 9.13. The third-order valence-electron chi connectivity index (χ3n) is 6.08. The monoisotopic (exact) mass is 450 g/mol. The second-order valence-corrected chi connectivity index (χ2v) is 9.14. The van der Waals surface area contributed by atoms with Crippen molar-refractivity contribution in [3.63, 3.8) is 0 Å². The number of fused-ring (bicyclic) bond motifs is 1. The summed E-state index contributed by atoms with van der Waals surface area (Å²) in [5.74, 6) is 1.90. The number of carboxylic acids is 1. The molecular weight excluding hydrogens is 420 g/mol. The summed E-state index contributed by atoms with van der Waals surface area (Å²) in [4.78, 5) is 30.6. The van der Waals surface area contributed by atoms with Gasteiger partial charge in [0.25, 0.3) is 5.56 Å². The Morgan fingerprint density at radius 1 is 1.18 bits per heavy atom. The predicted octanol–water partition coefficient (Wildman–Crippen LogP) is 3.93. The number of carbonyl (C=O) groups is 1. The summed E-state index contributed by atoms with van der Waals surface area (Å²) in [6.07, 6.45) is 1.24. The molecule has 8 heteroatoms. The molecule has 2 unspecified atom stereocenters. The number of anilines is 3. The molecule has 1 fully saturated rings. The molecule has 1 saturated heterocycles. The second-order valence-electron chi connectivity index (χ2n) is 9.14. The third kappa shape index (κ3) is 4.94. The number of carboxylic acid groups (broad SMARTS) is 1. The lowest BCUT2D eigenvalue weighted by molar-refractivity contribution is -0.139. The minimum atomic E-state index is -1.13. The van der Waals surface area contributed by atoms with E-state index in [-0.39, 0.29) is 11.3 Å². The molecule has 174 valence electrons. The van der Waals surface area contributed by atoms with Crippen LogP contribution in [0.25, 0.3) is 10.9 Å². The minimum absolute atomic E-state index is 0.00851. The normalized spacial score (nSPS) is 18.4. The number of benzene rings is 1. The van der Waals surface area contributed by atoms with Gasteiger partial charge in [-0.1, -0.05) is 19.9 Å². The van der Waals surface area contributed by atoms with Crippen molar-refractivity contribution < 1.29 is 14.6 Å². The van der Waals surface area contributed by atoms with E-state index in [0.29, 0.717) is 11.8 Å². The highest BCUT2D eigenvalue weighted by molar-refractivity contribution is 5.85. The van der Waals surface area contributed by atoms with Gasteiger partial charge in [-0.15, -0.1) is 0 Å². The van der Waals surface area contributed by atoms with Crippen molar-refractivity contribution in [2.75, 3.05) is 29.9 Å². The summed E-state index contributed by atoms with van der Waals surface area (Å²) in [6, 6.07) is 11.4. The molecular formula is C25H30N4O4. The largest absolute Gasteiger partial charge is 0.479 e. The Hall–Kier alpha value is -3.55. The number of aromatic nitrogens is 2. The fourth-order valence-corrected chi connectivity index (χ4v) is 4.58. The first kappa shape index (κ1) is 22.6. The van der Waals surface area contributed by atoms with Gasteiger partial charge in [0.15, 0.2) is 12.4 Å². The van der Waals surface area contributed by atoms with Crippen molar-refractivity contribution in [3.8, 4) is 5.75 Å². The van der Waals surface area contributed by atoms with E-state index in [1.54, 1.807) is 13.1 Å². The lowest BCUT2D eigenvalue weighted by Crippen LogP contribution is -2.39. The van der Waals surface area contributed by atoms with E-state index in [0.717, 1.165) is 46.9 Å². The maximum Gasteiger partial charge on any atom is 0.341 e. The van der Waals surface area contributed by atoms with Crippen LogP contribution in [-0.2, 0) is 11.8 Å². The topological polar surface area (TPSA) is 96.7 Å². The number of nitrogens with one attached hydrogen (secondary N) is 1. The van der Waals surface area contributed by atoms with E-state index in [2.05, 4.69) is 36.2 Å². The molecule has 0 saturated carbocycles. The number of ether oxygens (including phenoxy) is 1. The first-order chi connectivity index (χ1) is 15.7. The number of hydrogen-bond acceptors (Lipinski definition) is 6. The first-order valence-electron chi connectivity index (χ1n) is 11.2. The van der Waals surface area contributed by atoms with Crippen LogP contribution in [0.15, 0.2) is 41.2 Å². The SMILES string of the molecule is Cc1ccc(N2CC(C)CC(C)C2)nc1Nc1ccc2c(c1)cc(OCC(=O)O)c(=O)n2C. The van der Waals surface area contributed by atoms with Crippen molar-refractivity contribution in [1.29, 1.82) is 0 Å². The summed E-state index contributed by atoms with van der Waals surface area (Å²) < 4.78 is 6.65. The summed E-state index contributed by atoms with van der Waals surface area (Å²) in [6.45, 7) is 8.02. The van der Waals surface area contributed by atoms with Crippen molar-refractivity contribution in [3.05, 3.63) is 52.3 Å². The van der Waals surface area contributed by atoms with Crippen LogP contribution < -0.4 is 20.5 Å². The molecule has 1 aliphatic heterocycles. The number of hydrogen-bond donors (Lipinski definition) is 2. The quantitative estimate of drug-likeness (QED) is 0.587. The Labute approximate surface area is 192 Å². The highest BCUT2D eigenvalue weighted by atomic mass is 16.5. The lowest BCUT2D eigenvalue weighted by atomic mass is 9.92. The Morgan fingerprint density at radius 2 is 1.91 bits per heavy atom. The van der Waals surface area contributed by atoms with Crippen LogP contribution in [0.5, 0.6) is 5.75 Å². The number of pyridine rings is 2. The first-order valence-corrected chi connectivity index (χ1v) is 11.2. The van der Waals surface area contributed by atoms with Crippen LogP contribution in [0.1, 0.15) is 25.8 Å². The van der Waals surface area contributed by atoms with Crippen molar-refractivity contribution in [1.82, 2.24) is 9.55 Å². The number of aryl methyl sites for hydroxylation is 2. The van der Waals surface area contributed by atoms with Gasteiger partial charge in [-0.2, -0.15) is 0 Å². The maximum atomic E-state index is 12.5. The molecule has 3 heterocycles. The van der Waals surface area contributed by atoms with Crippen LogP contribution in [0, 0.1) is 18.8 Å². The smallest absolute Gasteiger partial charge is 0.341 e. The highest BCUT2D eigenvalue weighted by Crippen LogP contribution is 2.29. The van der Waals surface area contributed by atoms with Gasteiger partial charge in [-0.05, 0) is 61.1 Å². The van der Waals surface area contributed by atoms with Crippen molar-refractivity contribution >= 4 is 34.2 Å². The summed E-state index contributed by atoms with van der Waals surface area (Å²) in [5.41, 5.74) is 2.20. The number of aliphatic carboxylic acids is 1. The molecule has 2 aromatic heterocycles. The third-order valence-corrected chi connectivity index (χ3v) is 6.08. The van der Waals surface area contributed by atoms with Gasteiger partial charge in [0.05, 0.1) is 5.52 Å². The molecule has 0 radical (unpaired) electrons. The Morgan fingerprint density at radius 3 is 2.61 bits per heavy atom. The van der Waals surface area contributed by atoms with Gasteiger partial charge in [-0.3, -0.25) is 4.79 Å². The lowest BCUT2D eigenvalue weighted by Gasteiger charge is -2.36. The fraction of sp³-hybridized carbons (Fsp3) is 0.400. The molecule has 1 aliphatic rings. The van der Waals surface area contributed by atoms with Crippen molar-refractivity contribution in [2.24, 2.45) is 18.9 Å². The Balaban J connectivity index is 1.64. The van der Waals surface area contributed by atoms with E-state index >= 15 is 0 Å². The highest BCUT2D eigenvalue weighted by Gasteiger charge is 2.23. The summed E-state index contributed by atoms with van der Waals surface area (Å²) >= 11 is 0. The molecule has 1 aromatic carbocycles. The van der Waals surface area contributed by atoms with Crippen LogP contribution in [0.2, 0.25) is 0 Å². The van der Waals surface area contributed by atoms with Gasteiger partial charge >= 0.3 is 5.97 Å². The van der Waals surface area contributed by atoms with Gasteiger partial charge in [0, 0.05) is 31.2 Å². The molecule has 0 aliphatic carbocycles. The zero-order valence-corrected chi connectivity index (χ0v) is 19.5. The Kier molecular flexibility index (Phi) is 6.26. The van der Waals surface area contributed by atoms with Crippen LogP contribution in [0.3, 0.4) is 0 Å². The van der Waals surface area contributed by atoms with E-state index in [1.807, 2.05) is 25.1 Å². The molecule has 2 N–H and O–H groups in total. The van der Waals surface area contributed by atoms with Gasteiger partial charge in [0.1, 0.15) is 11.6 Å². The predicted molar refractivity (Wildman–Crippen MR) is 130 cm³/mol. The van der Waals surface area contributed by atoms with Gasteiger partial charge < -0.3 is 24.6 Å². The molecule has 0 amide bonds. The van der Waals surface area contributed by atoms with E-state index in [1.165, 1.54) is 11.0 Å². The van der Waals surface area contributed by atoms with E-state index in [4.69, 9.17) is 14.8 Å². The number of nitrogens with zero attached hydrogens (tertiary/aromatic N) is 3. The molecule has 0 bridgehead atoms. The van der Waals surface area contributed by atoms with Crippen LogP contribution in [0.4, 0.5) is 17.3 Å². The van der Waals surface area contributed by atoms with Crippen LogP contribution in [-0.4, -0.2) is 40.3 Å². The van der Waals surface area contributed by atoms with E-state index in [9.17, 15) is 9.59 Å². The molecule has 0 spiro atoms. The van der Waals surface area contributed by atoms with Gasteiger partial charge in [0.2, 0.25) is 0 Å². The molecule has 33 heavy (non-hydrogen) atoms. The zero-order chi connectivity index (χ0) is 23.7. The average Bonchev–Trinajstić information content (AvgIpc) is 2.76. The average molecular weight is 451 g/mol. The fourth-order valence-electron chi connectivity index (χ4n) is 4.58. The van der Waals surface area contributed by atoms with Crippen LogP contribution >= 0.6 is 0 Å². The molecule has 2 atom stereocenters. The summed E-state index contributed by atoms with van der Waals surface area (Å²) in [5, 5.41) is 13.0. The zero-order valence-electron chi connectivity index (χ0n) is 19.5. The molecule has 8 nitrogen and oxygen atoms in total. The number of piperidine rings is 1. The van der Waals surface area contributed by atoms with Gasteiger partial charge in [-0.25, -0.2) is 9.78 Å². The van der Waals surface area contributed by atoms with E-state index < -0.39 is 12.6 Å². The molecule has 3 aromatic rings. The maximum absolute atomic E-state index is 12.5. The summed E-state index contributed by atoms with van der Waals surface area (Å²) in [7, 11) is 1.64.